The number of oxime groups is 1. The first-order valence-electron chi connectivity index (χ1n) is 9.96. The van der Waals surface area contributed by atoms with Crippen molar-refractivity contribution in [3.63, 3.8) is 0 Å². The molecule has 0 spiro atoms. The average Bonchev–Trinajstić information content (AvgIpc) is 3.34. The Hall–Kier alpha value is -2.83. The van der Waals surface area contributed by atoms with Crippen LogP contribution in [0.3, 0.4) is 0 Å². The van der Waals surface area contributed by atoms with Crippen LogP contribution in [-0.2, 0) is 35.4 Å². The molecule has 0 unspecified atom stereocenters. The highest BCUT2D eigenvalue weighted by atomic mass is 32.2. The van der Waals surface area contributed by atoms with Crippen molar-refractivity contribution in [2.45, 2.75) is 41.9 Å². The van der Waals surface area contributed by atoms with E-state index in [1.54, 1.807) is 0 Å². The van der Waals surface area contributed by atoms with Gasteiger partial charge in [0.25, 0.3) is 5.91 Å². The van der Waals surface area contributed by atoms with Crippen molar-refractivity contribution in [2.75, 3.05) is 18.5 Å². The summed E-state index contributed by atoms with van der Waals surface area (Å²) in [6.07, 6.45) is 2.87. The predicted molar refractivity (Wildman–Crippen MR) is 116 cm³/mol. The minimum Gasteiger partial charge on any atom is -0.481 e. The third-order valence-electron chi connectivity index (χ3n) is 4.92. The quantitative estimate of drug-likeness (QED) is 0.410. The highest BCUT2D eigenvalue weighted by molar-refractivity contribution is 7.92. The van der Waals surface area contributed by atoms with Crippen molar-refractivity contribution in [3.8, 4) is 0 Å². The van der Waals surface area contributed by atoms with Gasteiger partial charge in [-0.15, -0.1) is 11.3 Å². The summed E-state index contributed by atoms with van der Waals surface area (Å²) in [6.45, 7) is 0.906. The number of thiazole rings is 1. The molecule has 1 amide bonds. The van der Waals surface area contributed by atoms with Crippen LogP contribution in [0.2, 0.25) is 0 Å². The topological polar surface area (TPSA) is 144 Å². The molecule has 0 radical (unpaired) electrons. The third-order valence-corrected chi connectivity index (χ3v) is 8.11. The van der Waals surface area contributed by atoms with Gasteiger partial charge in [0, 0.05) is 23.1 Å². The molecule has 1 aliphatic carbocycles. The first-order valence-corrected chi connectivity index (χ1v) is 12.3. The van der Waals surface area contributed by atoms with Crippen LogP contribution in [0.15, 0.2) is 40.5 Å². The number of aliphatic carboxylic acids is 1. The molecule has 1 aromatic heterocycles. The zero-order valence-electron chi connectivity index (χ0n) is 16.9. The van der Waals surface area contributed by atoms with Crippen LogP contribution >= 0.6 is 11.3 Å². The first-order chi connectivity index (χ1) is 15.3. The summed E-state index contributed by atoms with van der Waals surface area (Å²) in [5, 5.41) is 15.4. The fourth-order valence-corrected chi connectivity index (χ4v) is 5.53. The monoisotopic (exact) mass is 479 g/mol. The van der Waals surface area contributed by atoms with E-state index in [4.69, 9.17) is 14.7 Å². The van der Waals surface area contributed by atoms with E-state index in [0.717, 1.165) is 11.3 Å². The van der Waals surface area contributed by atoms with E-state index in [1.165, 1.54) is 30.5 Å². The SMILES string of the molecule is O=C(O)Cc1cnc(NC(=O)/C(=N/O[C@@H]2CCOC2)c2ccc(S(=O)(=O)C3CC3)cc2)s1. The van der Waals surface area contributed by atoms with E-state index in [-0.39, 0.29) is 33.5 Å². The van der Waals surface area contributed by atoms with Gasteiger partial charge in [0.2, 0.25) is 0 Å². The van der Waals surface area contributed by atoms with Crippen molar-refractivity contribution in [3.05, 3.63) is 40.9 Å². The summed E-state index contributed by atoms with van der Waals surface area (Å²) in [4.78, 5) is 34.0. The predicted octanol–water partition coefficient (Wildman–Crippen LogP) is 1.85. The zero-order valence-corrected chi connectivity index (χ0v) is 18.5. The van der Waals surface area contributed by atoms with Gasteiger partial charge >= 0.3 is 5.97 Å². The van der Waals surface area contributed by atoms with Crippen LogP contribution in [0.4, 0.5) is 5.13 Å². The molecule has 170 valence electrons. The molecule has 12 heteroatoms. The molecule has 0 bridgehead atoms. The Labute approximate surface area is 188 Å². The summed E-state index contributed by atoms with van der Waals surface area (Å²) in [5.41, 5.74) is 0.320. The lowest BCUT2D eigenvalue weighted by atomic mass is 10.1. The zero-order chi connectivity index (χ0) is 22.7. The van der Waals surface area contributed by atoms with Gasteiger partial charge in [0.05, 0.1) is 29.8 Å². The van der Waals surface area contributed by atoms with E-state index >= 15 is 0 Å². The summed E-state index contributed by atoms with van der Waals surface area (Å²) in [7, 11) is -3.35. The highest BCUT2D eigenvalue weighted by Crippen LogP contribution is 2.33. The summed E-state index contributed by atoms with van der Waals surface area (Å²) >= 11 is 1.04. The molecule has 10 nitrogen and oxygen atoms in total. The van der Waals surface area contributed by atoms with E-state index < -0.39 is 21.7 Å². The van der Waals surface area contributed by atoms with Crippen LogP contribution in [-0.4, -0.2) is 60.7 Å². The van der Waals surface area contributed by atoms with Crippen LogP contribution in [0.25, 0.3) is 0 Å². The van der Waals surface area contributed by atoms with E-state index in [2.05, 4.69) is 15.5 Å². The molecule has 32 heavy (non-hydrogen) atoms. The Bertz CT molecular complexity index is 1130. The molecule has 1 saturated carbocycles. The van der Waals surface area contributed by atoms with Crippen molar-refractivity contribution >= 4 is 43.9 Å². The van der Waals surface area contributed by atoms with Gasteiger partial charge in [-0.2, -0.15) is 0 Å². The third kappa shape index (κ3) is 5.31. The molecule has 4 rings (SSSR count). The number of amides is 1. The normalized spacial score (nSPS) is 19.0. The highest BCUT2D eigenvalue weighted by Gasteiger charge is 2.36. The van der Waals surface area contributed by atoms with E-state index in [1.807, 2.05) is 0 Å². The fourth-order valence-electron chi connectivity index (χ4n) is 3.07. The largest absolute Gasteiger partial charge is 0.481 e. The number of carbonyl (C=O) groups is 2. The van der Waals surface area contributed by atoms with Gasteiger partial charge in [0.1, 0.15) is 0 Å². The second-order valence-corrected chi connectivity index (χ2v) is 10.8. The lowest BCUT2D eigenvalue weighted by Crippen LogP contribution is -2.25. The van der Waals surface area contributed by atoms with E-state index in [9.17, 15) is 18.0 Å². The molecule has 2 N–H and O–H groups in total. The number of anilines is 1. The Morgan fingerprint density at radius 1 is 1.25 bits per heavy atom. The van der Waals surface area contributed by atoms with Crippen LogP contribution < -0.4 is 5.32 Å². The lowest BCUT2D eigenvalue weighted by molar-refractivity contribution is -0.136. The minimum absolute atomic E-state index is 0.0535. The summed E-state index contributed by atoms with van der Waals surface area (Å²) < 4.78 is 30.1. The molecule has 2 heterocycles. The van der Waals surface area contributed by atoms with Gasteiger partial charge < -0.3 is 14.7 Å². The number of aromatic nitrogens is 1. The number of rotatable bonds is 9. The summed E-state index contributed by atoms with van der Waals surface area (Å²) in [6, 6.07) is 5.94. The Morgan fingerprint density at radius 3 is 2.62 bits per heavy atom. The molecule has 1 saturated heterocycles. The summed E-state index contributed by atoms with van der Waals surface area (Å²) in [5.74, 6) is -1.61. The van der Waals surface area contributed by atoms with Gasteiger partial charge in [-0.3, -0.25) is 14.9 Å². The number of hydrogen-bond acceptors (Lipinski definition) is 9. The number of benzene rings is 1. The first kappa shape index (κ1) is 22.4. The van der Waals surface area contributed by atoms with Crippen molar-refractivity contribution < 1.29 is 32.7 Å². The number of carboxylic acids is 1. The Kier molecular flexibility index (Phi) is 6.53. The minimum atomic E-state index is -3.35. The van der Waals surface area contributed by atoms with Crippen LogP contribution in [0.5, 0.6) is 0 Å². The van der Waals surface area contributed by atoms with Crippen LogP contribution in [0, 0.1) is 0 Å². The number of ether oxygens (including phenoxy) is 1. The number of hydrogen-bond donors (Lipinski definition) is 2. The molecule has 1 aliphatic heterocycles. The second kappa shape index (κ2) is 9.35. The van der Waals surface area contributed by atoms with Crippen molar-refractivity contribution in [2.24, 2.45) is 5.16 Å². The van der Waals surface area contributed by atoms with Gasteiger partial charge in [-0.25, -0.2) is 13.4 Å². The Morgan fingerprint density at radius 2 is 2.00 bits per heavy atom. The molecule has 1 aromatic carbocycles. The molecular formula is C20H21N3O7S2. The van der Waals surface area contributed by atoms with Crippen molar-refractivity contribution in [1.82, 2.24) is 4.98 Å². The fraction of sp³-hybridized carbons (Fsp3) is 0.400. The standard InChI is InChI=1S/C20H21N3O7S2/c24-17(25)9-14-10-21-20(31-14)22-19(26)18(23-30-13-7-8-29-11-13)12-1-3-15(4-2-12)32(27,28)16-5-6-16/h1-4,10,13,16H,5-9,11H2,(H,24,25)(H,21,22,26)/b23-18+/t13-/m1/s1. The smallest absolute Gasteiger partial charge is 0.308 e. The molecule has 1 atom stereocenters. The van der Waals surface area contributed by atoms with Gasteiger partial charge in [-0.1, -0.05) is 17.3 Å². The molecule has 2 aromatic rings. The second-order valence-electron chi connectivity index (χ2n) is 7.46. The number of nitrogens with one attached hydrogen (secondary N) is 1. The maximum atomic E-state index is 12.9. The number of carbonyl (C=O) groups excluding carboxylic acids is 1. The lowest BCUT2D eigenvalue weighted by Gasteiger charge is -2.10. The van der Waals surface area contributed by atoms with Gasteiger partial charge in [-0.05, 0) is 25.0 Å². The van der Waals surface area contributed by atoms with Crippen molar-refractivity contribution in [1.29, 1.82) is 0 Å². The molecule has 2 aliphatic rings. The number of sulfone groups is 1. The molecular weight excluding hydrogens is 458 g/mol. The van der Waals surface area contributed by atoms with E-state index in [0.29, 0.717) is 42.9 Å². The number of nitrogens with zero attached hydrogens (tertiary/aromatic N) is 2. The average molecular weight is 480 g/mol. The maximum Gasteiger partial charge on any atom is 0.308 e. The number of carboxylic acid groups (broad SMARTS) is 1. The van der Waals surface area contributed by atoms with Crippen LogP contribution in [0.1, 0.15) is 29.7 Å². The molecule has 2 fully saturated rings. The van der Waals surface area contributed by atoms with Gasteiger partial charge in [0.15, 0.2) is 26.8 Å². The maximum absolute atomic E-state index is 12.9. The Balaban J connectivity index is 1.55.